The Balaban J connectivity index is 0.000000462. The van der Waals surface area contributed by atoms with Crippen molar-refractivity contribution in [2.45, 2.75) is 345 Å². The van der Waals surface area contributed by atoms with Crippen molar-refractivity contribution in [2.75, 3.05) is 26.4 Å². The average Bonchev–Trinajstić information content (AvgIpc) is 1.57. The van der Waals surface area contributed by atoms with Crippen molar-refractivity contribution in [3.8, 4) is 0 Å². The minimum atomic E-state index is -1.60. The third-order valence-corrected chi connectivity index (χ3v) is 51.7. The van der Waals surface area contributed by atoms with Gasteiger partial charge in [0.25, 0.3) is 0 Å². The van der Waals surface area contributed by atoms with E-state index < -0.39 is 86.8 Å². The molecule has 1 heterocycles. The molecule has 4 nitrogen and oxygen atoms in total. The molecule has 1 aliphatic heterocycles. The van der Waals surface area contributed by atoms with Crippen molar-refractivity contribution in [2.24, 2.45) is 94.7 Å². The van der Waals surface area contributed by atoms with Gasteiger partial charge < -0.3 is 63.5 Å². The van der Waals surface area contributed by atoms with E-state index in [-0.39, 0.29) is 61.4 Å². The molecule has 720 valence electrons. The second-order valence-electron chi connectivity index (χ2n) is 43.4. The maximum absolute atomic E-state index is 6.07. The van der Waals surface area contributed by atoms with Crippen LogP contribution in [0.2, 0.25) is 71.0 Å². The van der Waals surface area contributed by atoms with E-state index in [1.165, 1.54) is 177 Å². The molecule has 0 aromatic heterocycles. The first kappa shape index (κ1) is 123. The quantitative estimate of drug-likeness (QED) is 0.0428. The number of benzene rings is 2. The summed E-state index contributed by atoms with van der Waals surface area (Å²) in [7, 11) is 24.9. The van der Waals surface area contributed by atoms with Crippen LogP contribution in [0.3, 0.4) is 0 Å². The number of fused-ring (bicyclic) bond motifs is 5. The summed E-state index contributed by atoms with van der Waals surface area (Å²) >= 11 is -2.48. The topological polar surface area (TPSA) is 36.9 Å². The molecule has 0 bridgehead atoms. The summed E-state index contributed by atoms with van der Waals surface area (Å²) in [6.07, 6.45) is 73.8. The van der Waals surface area contributed by atoms with E-state index in [4.69, 9.17) is 70.0 Å². The molecular weight excluding hydrogens is 1980 g/mol. The van der Waals surface area contributed by atoms with Crippen molar-refractivity contribution < 1.29 is 81.5 Å². The van der Waals surface area contributed by atoms with Gasteiger partial charge in [-0.1, -0.05) is 326 Å². The molecule has 14 rings (SSSR count). The van der Waals surface area contributed by atoms with E-state index in [9.17, 15) is 0 Å². The molecule has 6 saturated carbocycles. The first-order valence-electron chi connectivity index (χ1n) is 48.7. The molecule has 1 saturated heterocycles. The van der Waals surface area contributed by atoms with E-state index in [0.717, 1.165) is 143 Å². The van der Waals surface area contributed by atoms with Gasteiger partial charge in [0.05, 0.1) is 47.1 Å². The summed E-state index contributed by atoms with van der Waals surface area (Å²) in [5.41, 5.74) is 13.4. The zero-order valence-corrected chi connectivity index (χ0v) is 99.9. The normalized spacial score (nSPS) is 31.6. The first-order chi connectivity index (χ1) is 58.3. The van der Waals surface area contributed by atoms with Crippen LogP contribution < -0.4 is 0 Å². The summed E-state index contributed by atoms with van der Waals surface area (Å²) in [6, 6.07) is 27.1. The Labute approximate surface area is 850 Å². The van der Waals surface area contributed by atoms with Crippen LogP contribution in [0.25, 0.3) is 11.1 Å². The SMILES string of the molecule is CC(C)(C)OCCCCCC[Si](C)(C1CCC2C=CC=CC21)C1CCC2C(CC3CCCO3)=CC=CC21.CC1CC2C(c3ccccc3)=CC=CC2C1[Si](C)(CCCCCCOC(C)(C)C)C1C(C)C(C)C(C)C1C.CC1CC2C(c3ccccc3)=CC=CC2C1[Si](C)(CCCCCCOC(C)(C)C)C1CCC2C=CC=CC21.[CH3-].[CH3-].[CH3-].[CH3-].[CH3-].[CH3-].[Cl][Zr+2][Cl].[Cl][Zr+2][Cl].[Cl][Zr+2][Cl]. The number of ether oxygens (including phenoxy) is 4. The molecule has 0 N–H and O–H groups in total. The minimum absolute atomic E-state index is 0. The standard InChI is InChI=1S/C36H52OSi.C36H58OSi.C34H54O2Si.6CH3.6ClH.3Zr/c1-27-26-33-30(28-16-9-8-10-17-28)20-15-21-32(33)35(27)38(5,25-14-7-6-13-24-37-36(2,3)4)34-23-22-29-18-11-12-19-31(29)34;1-25-24-33-31(30-18-13-12-14-19-30)20-17-21-32(33)34(25)38(9,35-28(4)26(2)27(3)29(35)5)23-16-11-10-15-22-37-36(6,7)8;1-34(2,3)36-23-9-5-6-10-24-37(4,32-20-18-26-13-7-8-16-30(26)32)33-21-19-29-27(14-11-17-31(29)33)25-28-15-12-22-35-28;;;;;;;;;;;;;;;/h8-12,15-21,27,29,31-35H,6-7,13-14,22-26H2,1-5H3;12-14,17-21,25-29,32-35H,10-11,15-16,22-24H2,1-9H3;7-8,11,13-14,16-17,26,28-33H,5-6,9-10,12,15,18-25H2,1-4H3;6*1H3;6*1H;;;/q;;;6*-1;;;;;;;3*+4/p-6. The third-order valence-electron chi connectivity index (χ3n) is 32.8. The zero-order chi connectivity index (χ0) is 88.4. The van der Waals surface area contributed by atoms with Crippen LogP contribution in [0.5, 0.6) is 0 Å². The van der Waals surface area contributed by atoms with Crippen LogP contribution in [0.1, 0.15) is 263 Å². The van der Waals surface area contributed by atoms with Gasteiger partial charge in [0, 0.05) is 26.4 Å². The fourth-order valence-corrected chi connectivity index (χ4v) is 48.6. The predicted octanol–water partition coefficient (Wildman–Crippen LogP) is 37.2. The van der Waals surface area contributed by atoms with Gasteiger partial charge in [-0.2, -0.15) is 0 Å². The van der Waals surface area contributed by atoms with Gasteiger partial charge in [-0.15, -0.1) is 0 Å². The molecule has 128 heavy (non-hydrogen) atoms. The van der Waals surface area contributed by atoms with Crippen molar-refractivity contribution in [1.82, 2.24) is 0 Å². The molecule has 25 unspecified atom stereocenters. The molecule has 0 amide bonds. The van der Waals surface area contributed by atoms with Crippen molar-refractivity contribution in [3.63, 3.8) is 0 Å². The monoisotopic (exact) mass is 2150 g/mol. The van der Waals surface area contributed by atoms with Gasteiger partial charge in [0.15, 0.2) is 0 Å². The second-order valence-corrected chi connectivity index (χ2v) is 69.3. The number of unbranched alkanes of at least 4 members (excludes halogenated alkanes) is 9. The van der Waals surface area contributed by atoms with Gasteiger partial charge >= 0.3 is 114 Å². The Morgan fingerprint density at radius 3 is 1.11 bits per heavy atom. The number of hydrogen-bond donors (Lipinski definition) is 0. The van der Waals surface area contributed by atoms with E-state index in [2.05, 4.69) is 287 Å². The van der Waals surface area contributed by atoms with Gasteiger partial charge in [0.2, 0.25) is 0 Å². The Morgan fingerprint density at radius 2 is 0.703 bits per heavy atom. The summed E-state index contributed by atoms with van der Waals surface area (Å²) in [4.78, 5) is 0. The van der Waals surface area contributed by atoms with Crippen molar-refractivity contribution in [1.29, 1.82) is 0 Å². The number of rotatable bonds is 31. The summed E-state index contributed by atoms with van der Waals surface area (Å²) in [5.74, 6) is 12.7. The van der Waals surface area contributed by atoms with Crippen LogP contribution >= 0.6 is 51.1 Å². The predicted molar refractivity (Wildman–Crippen MR) is 569 cm³/mol. The van der Waals surface area contributed by atoms with E-state index in [1.54, 1.807) is 16.7 Å². The summed E-state index contributed by atoms with van der Waals surface area (Å²) < 4.78 is 24.1. The van der Waals surface area contributed by atoms with Gasteiger partial charge in [-0.25, -0.2) is 0 Å². The summed E-state index contributed by atoms with van der Waals surface area (Å²) in [6.45, 7) is 47.5. The van der Waals surface area contributed by atoms with Crippen LogP contribution in [0, 0.1) is 139 Å². The molecule has 7 fully saturated rings. The Morgan fingerprint density at radius 1 is 0.359 bits per heavy atom. The third kappa shape index (κ3) is 34.0. The molecule has 16 heteroatoms. The summed E-state index contributed by atoms with van der Waals surface area (Å²) in [5, 5.41) is 0. The number of halogens is 6. The van der Waals surface area contributed by atoms with Crippen molar-refractivity contribution >= 4 is 86.4 Å². The van der Waals surface area contributed by atoms with Crippen LogP contribution in [-0.2, 0) is 81.5 Å². The fraction of sp³-hybridized carbons (Fsp3) is 0.661. The first-order valence-corrected chi connectivity index (χ1v) is 76.3. The fourth-order valence-electron chi connectivity index (χ4n) is 27.5. The molecule has 12 aliphatic rings. The van der Waals surface area contributed by atoms with Crippen LogP contribution in [0.15, 0.2) is 170 Å². The molecule has 2 aromatic rings. The van der Waals surface area contributed by atoms with Crippen molar-refractivity contribution in [3.05, 3.63) is 225 Å². The average molecular weight is 2160 g/mol. The van der Waals surface area contributed by atoms with Crippen LogP contribution in [-0.4, -0.2) is 73.6 Å². The molecule has 0 spiro atoms. The Bertz CT molecular complexity index is 3710. The molecular formula is C112H182Cl6O4Si3Zr3. The van der Waals surface area contributed by atoms with E-state index in [1.807, 2.05) is 0 Å². The van der Waals surface area contributed by atoms with Gasteiger partial charge in [-0.3, -0.25) is 0 Å². The molecule has 2 aromatic carbocycles. The zero-order valence-electron chi connectivity index (χ0n) is 85.0. The Hall–Kier alpha value is 0.720. The molecule has 25 atom stereocenters. The van der Waals surface area contributed by atoms with E-state index in [0.29, 0.717) is 17.9 Å². The Kier molecular flexibility index (Phi) is 57.7. The molecule has 11 aliphatic carbocycles. The number of hydrogen-bond acceptors (Lipinski definition) is 4. The van der Waals surface area contributed by atoms with E-state index >= 15 is 0 Å². The van der Waals surface area contributed by atoms with Crippen LogP contribution in [0.4, 0.5) is 0 Å². The number of allylic oxidation sites excluding steroid dienone is 19. The molecule has 0 radical (unpaired) electrons. The maximum atomic E-state index is 6.07. The van der Waals surface area contributed by atoms with Gasteiger partial charge in [-0.05, 0) is 283 Å². The second kappa shape index (κ2) is 60.1. The van der Waals surface area contributed by atoms with Gasteiger partial charge in [0.1, 0.15) is 0 Å².